The van der Waals surface area contributed by atoms with Crippen molar-refractivity contribution in [2.75, 3.05) is 0 Å². The molecular formula is C16H16N2O2S. The lowest BCUT2D eigenvalue weighted by Crippen LogP contribution is -2.19. The highest BCUT2D eigenvalue weighted by Gasteiger charge is 2.23. The van der Waals surface area contributed by atoms with Crippen LogP contribution < -0.4 is 5.73 Å². The third-order valence-corrected chi connectivity index (χ3v) is 5.20. The first-order valence-corrected chi connectivity index (χ1v) is 8.12. The van der Waals surface area contributed by atoms with Crippen LogP contribution in [-0.2, 0) is 10.0 Å². The normalized spacial score (nSPS) is 13.4. The van der Waals surface area contributed by atoms with Crippen molar-refractivity contribution >= 4 is 20.9 Å². The number of rotatable bonds is 3. The van der Waals surface area contributed by atoms with Crippen LogP contribution in [0.1, 0.15) is 18.7 Å². The highest BCUT2D eigenvalue weighted by molar-refractivity contribution is 7.90. The second-order valence-electron chi connectivity index (χ2n) is 5.00. The summed E-state index contributed by atoms with van der Waals surface area (Å²) >= 11 is 0. The molecule has 4 nitrogen and oxygen atoms in total. The molecule has 1 heterocycles. The molecule has 3 aromatic rings. The van der Waals surface area contributed by atoms with Gasteiger partial charge in [-0.3, -0.25) is 0 Å². The number of nitrogens with zero attached hydrogens (tertiary/aromatic N) is 1. The number of aromatic nitrogens is 1. The van der Waals surface area contributed by atoms with Gasteiger partial charge in [0.1, 0.15) is 0 Å². The third kappa shape index (κ3) is 2.24. The predicted molar refractivity (Wildman–Crippen MR) is 83.6 cm³/mol. The van der Waals surface area contributed by atoms with E-state index in [1.165, 1.54) is 3.97 Å². The van der Waals surface area contributed by atoms with Crippen molar-refractivity contribution in [3.63, 3.8) is 0 Å². The van der Waals surface area contributed by atoms with Gasteiger partial charge in [0.05, 0.1) is 16.1 Å². The molecule has 0 amide bonds. The molecule has 1 aromatic heterocycles. The monoisotopic (exact) mass is 300 g/mol. The molecule has 21 heavy (non-hydrogen) atoms. The van der Waals surface area contributed by atoms with E-state index in [0.717, 1.165) is 5.39 Å². The molecule has 2 aromatic carbocycles. The Hall–Kier alpha value is -2.11. The fraction of sp³-hybridized carbons (Fsp3) is 0.125. The fourth-order valence-corrected chi connectivity index (χ4v) is 4.07. The van der Waals surface area contributed by atoms with Crippen LogP contribution >= 0.6 is 0 Å². The largest absolute Gasteiger partial charge is 0.323 e. The Kier molecular flexibility index (Phi) is 3.31. The molecule has 0 saturated carbocycles. The Morgan fingerprint density at radius 1 is 1.00 bits per heavy atom. The minimum Gasteiger partial charge on any atom is -0.323 e. The fourth-order valence-electron chi connectivity index (χ4n) is 2.43. The van der Waals surface area contributed by atoms with E-state index in [1.54, 1.807) is 43.3 Å². The molecule has 0 aliphatic heterocycles. The van der Waals surface area contributed by atoms with Gasteiger partial charge in [-0.25, -0.2) is 12.4 Å². The molecule has 0 radical (unpaired) electrons. The minimum atomic E-state index is -3.66. The molecule has 2 N–H and O–H groups in total. The predicted octanol–water partition coefficient (Wildman–Crippen LogP) is 2.90. The van der Waals surface area contributed by atoms with Crippen LogP contribution in [0.5, 0.6) is 0 Å². The zero-order valence-corrected chi connectivity index (χ0v) is 12.4. The second kappa shape index (κ2) is 5.02. The molecule has 108 valence electrons. The molecule has 0 fully saturated rings. The Balaban J connectivity index is 2.36. The highest BCUT2D eigenvalue weighted by atomic mass is 32.2. The summed E-state index contributed by atoms with van der Waals surface area (Å²) in [6.07, 6.45) is 0. The van der Waals surface area contributed by atoms with E-state index >= 15 is 0 Å². The molecule has 0 saturated heterocycles. The Bertz CT molecular complexity index is 881. The standard InChI is InChI=1S/C16H16N2O2S/c1-12(17)16-11-13-7-5-6-10-15(13)18(16)21(19,20)14-8-3-2-4-9-14/h2-12H,17H2,1H3. The summed E-state index contributed by atoms with van der Waals surface area (Å²) in [4.78, 5) is 0.258. The van der Waals surface area contributed by atoms with Crippen molar-refractivity contribution < 1.29 is 8.42 Å². The first kappa shape index (κ1) is 13.9. The van der Waals surface area contributed by atoms with Gasteiger partial charge in [-0.1, -0.05) is 36.4 Å². The topological polar surface area (TPSA) is 65.1 Å². The summed E-state index contributed by atoms with van der Waals surface area (Å²) in [5, 5.41) is 0.865. The number of hydrogen-bond donors (Lipinski definition) is 1. The number of nitrogens with two attached hydrogens (primary N) is 1. The van der Waals surface area contributed by atoms with Gasteiger partial charge in [0, 0.05) is 11.4 Å². The molecule has 0 spiro atoms. The minimum absolute atomic E-state index is 0.258. The maximum absolute atomic E-state index is 12.9. The van der Waals surface area contributed by atoms with Crippen LogP contribution in [0.2, 0.25) is 0 Å². The van der Waals surface area contributed by atoms with E-state index in [0.29, 0.717) is 11.2 Å². The van der Waals surface area contributed by atoms with Gasteiger partial charge in [0.15, 0.2) is 0 Å². The molecule has 0 aliphatic carbocycles. The Labute approximate surface area is 123 Å². The van der Waals surface area contributed by atoms with Crippen LogP contribution in [0, 0.1) is 0 Å². The van der Waals surface area contributed by atoms with Crippen molar-refractivity contribution in [1.82, 2.24) is 3.97 Å². The second-order valence-corrected chi connectivity index (χ2v) is 6.79. The van der Waals surface area contributed by atoms with Crippen LogP contribution in [0.15, 0.2) is 65.6 Å². The first-order chi connectivity index (χ1) is 10.0. The van der Waals surface area contributed by atoms with Gasteiger partial charge >= 0.3 is 0 Å². The lowest BCUT2D eigenvalue weighted by Gasteiger charge is -2.14. The van der Waals surface area contributed by atoms with Crippen molar-refractivity contribution in [2.45, 2.75) is 17.9 Å². The average molecular weight is 300 g/mol. The van der Waals surface area contributed by atoms with Crippen molar-refractivity contribution in [3.05, 3.63) is 66.4 Å². The lowest BCUT2D eigenvalue weighted by molar-refractivity contribution is 0.584. The summed E-state index contributed by atoms with van der Waals surface area (Å²) < 4.78 is 27.2. The van der Waals surface area contributed by atoms with E-state index in [2.05, 4.69) is 0 Å². The third-order valence-electron chi connectivity index (χ3n) is 3.44. The van der Waals surface area contributed by atoms with E-state index in [-0.39, 0.29) is 10.9 Å². The highest BCUT2D eigenvalue weighted by Crippen LogP contribution is 2.28. The van der Waals surface area contributed by atoms with Crippen molar-refractivity contribution in [3.8, 4) is 0 Å². The van der Waals surface area contributed by atoms with Gasteiger partial charge < -0.3 is 5.73 Å². The Morgan fingerprint density at radius 2 is 1.62 bits per heavy atom. The van der Waals surface area contributed by atoms with E-state index in [4.69, 9.17) is 5.73 Å². The van der Waals surface area contributed by atoms with Crippen molar-refractivity contribution in [1.29, 1.82) is 0 Å². The zero-order chi connectivity index (χ0) is 15.0. The molecule has 3 rings (SSSR count). The summed E-state index contributed by atoms with van der Waals surface area (Å²) in [7, 11) is -3.66. The molecule has 0 bridgehead atoms. The van der Waals surface area contributed by atoms with Crippen molar-refractivity contribution in [2.24, 2.45) is 5.73 Å². The molecule has 0 aliphatic rings. The summed E-state index contributed by atoms with van der Waals surface area (Å²) in [5.74, 6) is 0. The van der Waals surface area contributed by atoms with Crippen LogP contribution in [0.4, 0.5) is 0 Å². The van der Waals surface area contributed by atoms with E-state index in [9.17, 15) is 8.42 Å². The first-order valence-electron chi connectivity index (χ1n) is 6.68. The SMILES string of the molecule is CC(N)c1cc2ccccc2n1S(=O)(=O)c1ccccc1. The maximum atomic E-state index is 12.9. The molecular weight excluding hydrogens is 284 g/mol. The van der Waals surface area contributed by atoms with E-state index in [1.807, 2.05) is 24.3 Å². The van der Waals surface area contributed by atoms with Crippen LogP contribution in [-0.4, -0.2) is 12.4 Å². The number of fused-ring (bicyclic) bond motifs is 1. The van der Waals surface area contributed by atoms with Gasteiger partial charge in [-0.15, -0.1) is 0 Å². The van der Waals surface area contributed by atoms with Gasteiger partial charge in [-0.2, -0.15) is 0 Å². The van der Waals surface area contributed by atoms with Crippen LogP contribution in [0.25, 0.3) is 10.9 Å². The quantitative estimate of drug-likeness (QED) is 0.809. The molecule has 5 heteroatoms. The maximum Gasteiger partial charge on any atom is 0.268 e. The van der Waals surface area contributed by atoms with Gasteiger partial charge in [0.25, 0.3) is 10.0 Å². The molecule has 1 unspecified atom stereocenters. The Morgan fingerprint density at radius 3 is 2.29 bits per heavy atom. The summed E-state index contributed by atoms with van der Waals surface area (Å²) in [5.41, 5.74) is 7.20. The lowest BCUT2D eigenvalue weighted by atomic mass is 10.2. The summed E-state index contributed by atoms with van der Waals surface area (Å²) in [6, 6.07) is 17.2. The number of hydrogen-bond acceptors (Lipinski definition) is 3. The smallest absolute Gasteiger partial charge is 0.268 e. The van der Waals surface area contributed by atoms with Crippen LogP contribution in [0.3, 0.4) is 0 Å². The van der Waals surface area contributed by atoms with E-state index < -0.39 is 10.0 Å². The molecule has 1 atom stereocenters. The van der Waals surface area contributed by atoms with Gasteiger partial charge in [-0.05, 0) is 31.2 Å². The zero-order valence-electron chi connectivity index (χ0n) is 11.6. The average Bonchev–Trinajstić information content (AvgIpc) is 2.88. The van der Waals surface area contributed by atoms with Gasteiger partial charge in [0.2, 0.25) is 0 Å². The summed E-state index contributed by atoms with van der Waals surface area (Å²) in [6.45, 7) is 1.78. The number of para-hydroxylation sites is 1. The number of benzene rings is 2.